The molecule has 6 nitrogen and oxygen atoms in total. The molecule has 2 aromatic rings. The standard InChI is InChI=1S/C17H19N3O3/c1-3-17(4-2)15(21)20(16(22)19-17)11-14-18-10-13(23-14)12-8-6-5-7-9-12/h5-10H,3-4,11H2,1-2H3,(H,19,22). The molecule has 0 aliphatic carbocycles. The van der Waals surface area contributed by atoms with Crippen LogP contribution in [0, 0.1) is 0 Å². The molecule has 0 bridgehead atoms. The van der Waals surface area contributed by atoms with E-state index in [1.54, 1.807) is 6.20 Å². The molecular weight excluding hydrogens is 294 g/mol. The summed E-state index contributed by atoms with van der Waals surface area (Å²) in [7, 11) is 0. The zero-order valence-electron chi connectivity index (χ0n) is 13.2. The molecule has 0 atom stereocenters. The van der Waals surface area contributed by atoms with Crippen LogP contribution in [-0.2, 0) is 11.3 Å². The molecule has 1 aromatic carbocycles. The van der Waals surface area contributed by atoms with Crippen molar-refractivity contribution in [3.05, 3.63) is 42.4 Å². The fraction of sp³-hybridized carbons (Fsp3) is 0.353. The van der Waals surface area contributed by atoms with E-state index in [1.165, 1.54) is 4.90 Å². The average molecular weight is 313 g/mol. The molecule has 0 unspecified atom stereocenters. The normalized spacial score (nSPS) is 16.7. The summed E-state index contributed by atoms with van der Waals surface area (Å²) in [6.07, 6.45) is 2.73. The van der Waals surface area contributed by atoms with E-state index in [1.807, 2.05) is 44.2 Å². The van der Waals surface area contributed by atoms with Crippen molar-refractivity contribution in [1.82, 2.24) is 15.2 Å². The third-order valence-electron chi connectivity index (χ3n) is 4.36. The van der Waals surface area contributed by atoms with Gasteiger partial charge in [-0.2, -0.15) is 0 Å². The number of nitrogens with zero attached hydrogens (tertiary/aromatic N) is 2. The van der Waals surface area contributed by atoms with Crippen molar-refractivity contribution >= 4 is 11.9 Å². The Labute approximate surface area is 134 Å². The highest BCUT2D eigenvalue weighted by atomic mass is 16.4. The smallest absolute Gasteiger partial charge is 0.325 e. The van der Waals surface area contributed by atoms with Gasteiger partial charge in [-0.25, -0.2) is 9.78 Å². The van der Waals surface area contributed by atoms with Crippen LogP contribution in [0.4, 0.5) is 4.79 Å². The Morgan fingerprint density at radius 1 is 1.17 bits per heavy atom. The molecule has 1 saturated heterocycles. The lowest BCUT2D eigenvalue weighted by atomic mass is 9.93. The number of hydrogen-bond acceptors (Lipinski definition) is 4. The third kappa shape index (κ3) is 2.60. The molecule has 1 N–H and O–H groups in total. The lowest BCUT2D eigenvalue weighted by Gasteiger charge is -2.22. The zero-order chi connectivity index (χ0) is 16.4. The van der Waals surface area contributed by atoms with E-state index in [-0.39, 0.29) is 12.5 Å². The summed E-state index contributed by atoms with van der Waals surface area (Å²) in [5, 5.41) is 2.79. The molecule has 1 aliphatic rings. The molecule has 0 spiro atoms. The van der Waals surface area contributed by atoms with E-state index < -0.39 is 11.6 Å². The van der Waals surface area contributed by atoms with Crippen molar-refractivity contribution < 1.29 is 14.0 Å². The maximum absolute atomic E-state index is 12.6. The molecule has 3 amide bonds. The van der Waals surface area contributed by atoms with Crippen LogP contribution in [0.1, 0.15) is 32.6 Å². The number of carbonyl (C=O) groups excluding carboxylic acids is 2. The minimum atomic E-state index is -0.800. The number of carbonyl (C=O) groups is 2. The van der Waals surface area contributed by atoms with Gasteiger partial charge in [-0.05, 0) is 12.8 Å². The van der Waals surface area contributed by atoms with E-state index in [0.717, 1.165) is 5.56 Å². The van der Waals surface area contributed by atoms with Gasteiger partial charge in [0.25, 0.3) is 5.91 Å². The number of aromatic nitrogens is 1. The minimum Gasteiger partial charge on any atom is -0.439 e. The molecule has 0 saturated carbocycles. The van der Waals surface area contributed by atoms with Crippen molar-refractivity contribution in [2.45, 2.75) is 38.8 Å². The van der Waals surface area contributed by atoms with Crippen molar-refractivity contribution in [2.75, 3.05) is 0 Å². The van der Waals surface area contributed by atoms with Gasteiger partial charge in [-0.3, -0.25) is 9.69 Å². The van der Waals surface area contributed by atoms with Gasteiger partial charge in [-0.1, -0.05) is 44.2 Å². The molecule has 1 aliphatic heterocycles. The largest absolute Gasteiger partial charge is 0.439 e. The predicted octanol–water partition coefficient (Wildman–Crippen LogP) is 2.95. The zero-order valence-corrected chi connectivity index (χ0v) is 13.2. The van der Waals surface area contributed by atoms with Crippen molar-refractivity contribution in [3.63, 3.8) is 0 Å². The number of imide groups is 1. The summed E-state index contributed by atoms with van der Waals surface area (Å²) in [6.45, 7) is 3.83. The summed E-state index contributed by atoms with van der Waals surface area (Å²) in [5.74, 6) is 0.743. The van der Waals surface area contributed by atoms with Crippen molar-refractivity contribution in [1.29, 1.82) is 0 Å². The van der Waals surface area contributed by atoms with Crippen LogP contribution in [0.25, 0.3) is 11.3 Å². The second-order valence-electron chi connectivity index (χ2n) is 5.59. The number of rotatable bonds is 5. The Kier molecular flexibility index (Phi) is 3.90. The number of hydrogen-bond donors (Lipinski definition) is 1. The first-order valence-corrected chi connectivity index (χ1v) is 7.74. The van der Waals surface area contributed by atoms with Gasteiger partial charge < -0.3 is 9.73 Å². The average Bonchev–Trinajstić information content (AvgIpc) is 3.14. The van der Waals surface area contributed by atoms with Crippen LogP contribution in [0.3, 0.4) is 0 Å². The van der Waals surface area contributed by atoms with Crippen LogP contribution in [-0.4, -0.2) is 27.4 Å². The number of oxazole rings is 1. The van der Waals surface area contributed by atoms with E-state index >= 15 is 0 Å². The lowest BCUT2D eigenvalue weighted by molar-refractivity contribution is -0.132. The van der Waals surface area contributed by atoms with Crippen LogP contribution in [0.2, 0.25) is 0 Å². The second kappa shape index (κ2) is 5.87. The Morgan fingerprint density at radius 3 is 2.48 bits per heavy atom. The molecular formula is C17H19N3O3. The monoisotopic (exact) mass is 313 g/mol. The van der Waals surface area contributed by atoms with Gasteiger partial charge in [0.05, 0.1) is 6.20 Å². The van der Waals surface area contributed by atoms with Crippen LogP contribution in [0.15, 0.2) is 40.9 Å². The predicted molar refractivity (Wildman–Crippen MR) is 84.3 cm³/mol. The highest BCUT2D eigenvalue weighted by molar-refractivity contribution is 6.06. The first kappa shape index (κ1) is 15.3. The maximum Gasteiger partial charge on any atom is 0.325 e. The van der Waals surface area contributed by atoms with Gasteiger partial charge in [0.1, 0.15) is 12.1 Å². The topological polar surface area (TPSA) is 75.4 Å². The van der Waals surface area contributed by atoms with E-state index in [9.17, 15) is 9.59 Å². The number of amides is 3. The summed E-state index contributed by atoms with van der Waals surface area (Å²) in [5.41, 5.74) is 0.103. The van der Waals surface area contributed by atoms with Gasteiger partial charge in [0, 0.05) is 5.56 Å². The maximum atomic E-state index is 12.6. The van der Waals surface area contributed by atoms with E-state index in [2.05, 4.69) is 10.3 Å². The summed E-state index contributed by atoms with van der Waals surface area (Å²) >= 11 is 0. The van der Waals surface area contributed by atoms with Crippen LogP contribution < -0.4 is 5.32 Å². The Balaban J connectivity index is 1.79. The first-order chi connectivity index (χ1) is 11.1. The Hall–Kier alpha value is -2.63. The van der Waals surface area contributed by atoms with Gasteiger partial charge >= 0.3 is 6.03 Å². The van der Waals surface area contributed by atoms with Crippen LogP contribution >= 0.6 is 0 Å². The highest BCUT2D eigenvalue weighted by Gasteiger charge is 2.48. The molecule has 120 valence electrons. The summed E-state index contributed by atoms with van der Waals surface area (Å²) in [4.78, 5) is 30.0. The minimum absolute atomic E-state index is 0.0409. The fourth-order valence-electron chi connectivity index (χ4n) is 2.80. The van der Waals surface area contributed by atoms with Gasteiger partial charge in [0.15, 0.2) is 5.76 Å². The first-order valence-electron chi connectivity index (χ1n) is 7.74. The second-order valence-corrected chi connectivity index (χ2v) is 5.59. The fourth-order valence-corrected chi connectivity index (χ4v) is 2.80. The Bertz CT molecular complexity index is 720. The number of urea groups is 1. The van der Waals surface area contributed by atoms with E-state index in [4.69, 9.17) is 4.42 Å². The highest BCUT2D eigenvalue weighted by Crippen LogP contribution is 2.27. The van der Waals surface area contributed by atoms with Crippen LogP contribution in [0.5, 0.6) is 0 Å². The molecule has 0 radical (unpaired) electrons. The SMILES string of the molecule is CCC1(CC)NC(=O)N(Cc2ncc(-c3ccccc3)o2)C1=O. The molecule has 23 heavy (non-hydrogen) atoms. The summed E-state index contributed by atoms with van der Waals surface area (Å²) in [6, 6.07) is 9.17. The van der Waals surface area contributed by atoms with Gasteiger partial charge in [0.2, 0.25) is 5.89 Å². The lowest BCUT2D eigenvalue weighted by Crippen LogP contribution is -2.45. The third-order valence-corrected chi connectivity index (χ3v) is 4.36. The quantitative estimate of drug-likeness (QED) is 0.861. The van der Waals surface area contributed by atoms with Crippen molar-refractivity contribution in [2.24, 2.45) is 0 Å². The molecule has 3 rings (SSSR count). The molecule has 2 heterocycles. The molecule has 1 fully saturated rings. The summed E-state index contributed by atoms with van der Waals surface area (Å²) < 4.78 is 5.68. The van der Waals surface area contributed by atoms with Crippen molar-refractivity contribution in [3.8, 4) is 11.3 Å². The number of nitrogens with one attached hydrogen (secondary N) is 1. The molecule has 6 heteroatoms. The molecule has 1 aromatic heterocycles. The van der Waals surface area contributed by atoms with Gasteiger partial charge in [-0.15, -0.1) is 0 Å². The Morgan fingerprint density at radius 2 is 1.87 bits per heavy atom. The van der Waals surface area contributed by atoms with E-state index in [0.29, 0.717) is 24.5 Å². The number of benzene rings is 1.